The number of aromatic nitrogens is 1. The molecule has 0 aliphatic carbocycles. The predicted octanol–water partition coefficient (Wildman–Crippen LogP) is 10.8. The summed E-state index contributed by atoms with van der Waals surface area (Å²) in [5.74, 6) is 0. The summed E-state index contributed by atoms with van der Waals surface area (Å²) in [7, 11) is -3.81. The Bertz CT molecular complexity index is 2560. The van der Waals surface area contributed by atoms with Crippen LogP contribution in [0, 0.1) is 0 Å². The lowest BCUT2D eigenvalue weighted by molar-refractivity contribution is 0.658. The molecule has 0 N–H and O–H groups in total. The molecule has 2 aliphatic rings. The van der Waals surface area contributed by atoms with Crippen LogP contribution >= 0.6 is 0 Å². The van der Waals surface area contributed by atoms with E-state index in [1.807, 2.05) is 18.2 Å². The van der Waals surface area contributed by atoms with Crippen LogP contribution in [0.3, 0.4) is 0 Å². The van der Waals surface area contributed by atoms with Gasteiger partial charge in [-0.2, -0.15) is 0 Å². The first kappa shape index (κ1) is 24.9. The van der Waals surface area contributed by atoms with Gasteiger partial charge in [-0.1, -0.05) is 103 Å². The molecule has 0 atom stereocenters. The van der Waals surface area contributed by atoms with Crippen LogP contribution < -0.4 is 0 Å². The zero-order valence-corrected chi connectivity index (χ0v) is 25.2. The van der Waals surface area contributed by atoms with Gasteiger partial charge in [0.05, 0.1) is 11.0 Å². The van der Waals surface area contributed by atoms with Crippen LogP contribution in [0.4, 0.5) is 0 Å². The third kappa shape index (κ3) is 2.92. The van der Waals surface area contributed by atoms with Crippen LogP contribution in [0.5, 0.6) is 0 Å². The minimum atomic E-state index is -3.81. The minimum Gasteiger partial charge on any atom is -0.309 e. The second kappa shape index (κ2) is 8.56. The summed E-state index contributed by atoms with van der Waals surface area (Å²) in [5, 5.41) is 2.45. The standard InChI is InChI=1S/C42H27NOS/c44-45(39-19-9-5-15-32(39)33-16-6-10-20-40(33)45)41-21-11-7-17-34(41)36-27-29(23-25-42(36)45)28-22-24-38-35(26-28)31-14-4-8-18-37(31)43(38)30-12-2-1-3-13-30/h1-27H. The van der Waals surface area contributed by atoms with Crippen molar-refractivity contribution in [2.24, 2.45) is 0 Å². The van der Waals surface area contributed by atoms with E-state index in [1.165, 1.54) is 21.8 Å². The molecular weight excluding hydrogens is 567 g/mol. The van der Waals surface area contributed by atoms with E-state index in [-0.39, 0.29) is 0 Å². The van der Waals surface area contributed by atoms with E-state index in [0.29, 0.717) is 0 Å². The van der Waals surface area contributed by atoms with Crippen molar-refractivity contribution in [3.63, 3.8) is 0 Å². The average molecular weight is 594 g/mol. The summed E-state index contributed by atoms with van der Waals surface area (Å²) in [6, 6.07) is 57.5. The second-order valence-electron chi connectivity index (χ2n) is 12.1. The third-order valence-electron chi connectivity index (χ3n) is 9.92. The molecule has 45 heavy (non-hydrogen) atoms. The Balaban J connectivity index is 1.24. The largest absolute Gasteiger partial charge is 0.309 e. The van der Waals surface area contributed by atoms with E-state index in [1.54, 1.807) is 0 Å². The maximum atomic E-state index is 16.6. The molecule has 0 saturated heterocycles. The van der Waals surface area contributed by atoms with Crippen molar-refractivity contribution < 1.29 is 4.21 Å². The van der Waals surface area contributed by atoms with E-state index in [0.717, 1.165) is 58.7 Å². The van der Waals surface area contributed by atoms with Gasteiger partial charge in [-0.3, -0.25) is 4.21 Å². The molecule has 10 rings (SSSR count). The number of benzene rings is 7. The number of hydrogen-bond donors (Lipinski definition) is 0. The molecule has 1 spiro atoms. The number of para-hydroxylation sites is 2. The third-order valence-corrected chi connectivity index (χ3v) is 14.7. The van der Waals surface area contributed by atoms with Crippen LogP contribution in [0.2, 0.25) is 0 Å². The number of fused-ring (bicyclic) bond motifs is 13. The van der Waals surface area contributed by atoms with Crippen LogP contribution in [0.15, 0.2) is 183 Å². The van der Waals surface area contributed by atoms with Gasteiger partial charge in [0, 0.05) is 45.1 Å². The normalized spacial score (nSPS) is 15.7. The van der Waals surface area contributed by atoms with Crippen molar-refractivity contribution in [2.75, 3.05) is 0 Å². The van der Waals surface area contributed by atoms with Gasteiger partial charge >= 0.3 is 0 Å². The summed E-state index contributed by atoms with van der Waals surface area (Å²) in [5.41, 5.74) is 10.0. The Morgan fingerprint density at radius 3 is 1.56 bits per heavy atom. The van der Waals surface area contributed by atoms with Crippen molar-refractivity contribution in [3.05, 3.63) is 164 Å². The molecule has 0 saturated carbocycles. The Morgan fingerprint density at radius 2 is 0.867 bits per heavy atom. The molecule has 3 heteroatoms. The summed E-state index contributed by atoms with van der Waals surface area (Å²) >= 11 is 0. The van der Waals surface area contributed by atoms with Gasteiger partial charge in [0.1, 0.15) is 0 Å². The molecule has 212 valence electrons. The fourth-order valence-corrected chi connectivity index (χ4v) is 13.2. The quantitative estimate of drug-likeness (QED) is 0.195. The monoisotopic (exact) mass is 593 g/mol. The summed E-state index contributed by atoms with van der Waals surface area (Å²) < 4.78 is 18.9. The predicted molar refractivity (Wildman–Crippen MR) is 185 cm³/mol. The van der Waals surface area contributed by atoms with Gasteiger partial charge in [0.15, 0.2) is 0 Å². The minimum absolute atomic E-state index is 0.913. The smallest absolute Gasteiger partial charge is 0.0541 e. The van der Waals surface area contributed by atoms with Crippen molar-refractivity contribution in [3.8, 4) is 39.1 Å². The highest BCUT2D eigenvalue weighted by atomic mass is 32.3. The molecule has 3 heterocycles. The SMILES string of the molecule is O=S12(c3ccccc3-c3ccccc31)c1ccccc1-c1cc(-c3ccc4c(c3)c3ccccc3n4-c3ccccc3)ccc12. The van der Waals surface area contributed by atoms with Crippen molar-refractivity contribution in [2.45, 2.75) is 19.6 Å². The maximum absolute atomic E-state index is 16.6. The fourth-order valence-electron chi connectivity index (χ4n) is 8.06. The van der Waals surface area contributed by atoms with E-state index in [2.05, 4.69) is 150 Å². The number of nitrogens with zero attached hydrogens (tertiary/aromatic N) is 1. The summed E-state index contributed by atoms with van der Waals surface area (Å²) in [6.07, 6.45) is 0. The lowest BCUT2D eigenvalue weighted by Gasteiger charge is -2.38. The molecule has 7 aromatic carbocycles. The van der Waals surface area contributed by atoms with Crippen molar-refractivity contribution in [1.82, 2.24) is 4.57 Å². The molecule has 2 aliphatic heterocycles. The Labute approximate surface area is 261 Å². The van der Waals surface area contributed by atoms with E-state index in [9.17, 15) is 0 Å². The molecule has 1 aromatic heterocycles. The maximum Gasteiger partial charge on any atom is 0.0541 e. The fraction of sp³-hybridized carbons (Fsp3) is 0. The second-order valence-corrected chi connectivity index (χ2v) is 15.7. The van der Waals surface area contributed by atoms with Crippen LogP contribution in [-0.2, 0) is 9.07 Å². The highest BCUT2D eigenvalue weighted by molar-refractivity contribution is 8.21. The van der Waals surface area contributed by atoms with Crippen LogP contribution in [0.25, 0.3) is 60.9 Å². The van der Waals surface area contributed by atoms with Crippen LogP contribution in [-0.4, -0.2) is 8.78 Å². The van der Waals surface area contributed by atoms with Gasteiger partial charge in [-0.05, 0) is 94.0 Å². The first-order valence-electron chi connectivity index (χ1n) is 15.4. The first-order valence-corrected chi connectivity index (χ1v) is 17.3. The molecule has 0 radical (unpaired) electrons. The van der Waals surface area contributed by atoms with Crippen molar-refractivity contribution in [1.29, 1.82) is 0 Å². The van der Waals surface area contributed by atoms with Crippen LogP contribution in [0.1, 0.15) is 0 Å². The van der Waals surface area contributed by atoms with Crippen molar-refractivity contribution >= 4 is 30.9 Å². The summed E-state index contributed by atoms with van der Waals surface area (Å²) in [6.45, 7) is 0. The highest BCUT2D eigenvalue weighted by Crippen LogP contribution is 2.70. The lowest BCUT2D eigenvalue weighted by atomic mass is 9.98. The molecular formula is C42H27NOS. The number of hydrogen-bond acceptors (Lipinski definition) is 1. The molecule has 0 fully saturated rings. The number of rotatable bonds is 2. The van der Waals surface area contributed by atoms with Gasteiger partial charge in [-0.15, -0.1) is 0 Å². The molecule has 0 bridgehead atoms. The van der Waals surface area contributed by atoms with Gasteiger partial charge < -0.3 is 4.57 Å². The Morgan fingerprint density at radius 1 is 0.378 bits per heavy atom. The molecule has 8 aromatic rings. The van der Waals surface area contributed by atoms with Gasteiger partial charge in [0.25, 0.3) is 0 Å². The zero-order valence-electron chi connectivity index (χ0n) is 24.4. The first-order chi connectivity index (χ1) is 22.2. The zero-order chi connectivity index (χ0) is 29.8. The average Bonchev–Trinajstić information content (AvgIpc) is 3.66. The Hall–Kier alpha value is -5.51. The Kier molecular flexibility index (Phi) is 4.73. The highest BCUT2D eigenvalue weighted by Gasteiger charge is 2.57. The molecule has 0 amide bonds. The summed E-state index contributed by atoms with van der Waals surface area (Å²) in [4.78, 5) is 3.67. The van der Waals surface area contributed by atoms with E-state index in [4.69, 9.17) is 0 Å². The lowest BCUT2D eigenvalue weighted by Crippen LogP contribution is -2.29. The topological polar surface area (TPSA) is 22.0 Å². The van der Waals surface area contributed by atoms with Gasteiger partial charge in [0.2, 0.25) is 0 Å². The van der Waals surface area contributed by atoms with E-state index >= 15 is 4.21 Å². The molecule has 0 unspecified atom stereocenters. The molecule has 2 nitrogen and oxygen atoms in total. The van der Waals surface area contributed by atoms with E-state index < -0.39 is 9.07 Å². The van der Waals surface area contributed by atoms with Gasteiger partial charge in [-0.25, -0.2) is 0 Å².